The van der Waals surface area contributed by atoms with Crippen LogP contribution in [0.5, 0.6) is 5.75 Å². The smallest absolute Gasteiger partial charge is 0.229 e. The monoisotopic (exact) mass is 273 g/mol. The van der Waals surface area contributed by atoms with E-state index in [-0.39, 0.29) is 6.10 Å². The lowest BCUT2D eigenvalue weighted by Crippen LogP contribution is -2.11. The molecule has 1 aliphatic carbocycles. The Morgan fingerprint density at radius 1 is 1.41 bits per heavy atom. The van der Waals surface area contributed by atoms with Gasteiger partial charge in [-0.25, -0.2) is 8.42 Å². The van der Waals surface area contributed by atoms with Crippen molar-refractivity contribution in [3.8, 4) is 5.75 Å². The largest absolute Gasteiger partial charge is 0.488 e. The Labute approximate surface area is 106 Å². The lowest BCUT2D eigenvalue weighted by molar-refractivity contribution is 0.304. The van der Waals surface area contributed by atoms with Gasteiger partial charge in [0, 0.05) is 4.90 Å². The highest BCUT2D eigenvalue weighted by molar-refractivity contribution is 7.98. The number of anilines is 1. The molecule has 0 unspecified atom stereocenters. The Kier molecular flexibility index (Phi) is 3.53. The number of benzene rings is 1. The molecule has 1 fully saturated rings. The van der Waals surface area contributed by atoms with Gasteiger partial charge in [0.05, 0.1) is 18.0 Å². The second kappa shape index (κ2) is 4.78. The molecule has 1 aliphatic rings. The highest BCUT2D eigenvalue weighted by Crippen LogP contribution is 2.35. The molecule has 4 nitrogen and oxygen atoms in total. The zero-order valence-electron chi connectivity index (χ0n) is 9.76. The van der Waals surface area contributed by atoms with Crippen molar-refractivity contribution >= 4 is 27.5 Å². The van der Waals surface area contributed by atoms with E-state index < -0.39 is 10.0 Å². The lowest BCUT2D eigenvalue weighted by atomic mass is 10.3. The van der Waals surface area contributed by atoms with E-state index in [1.54, 1.807) is 17.8 Å². The third kappa shape index (κ3) is 3.81. The number of nitrogens with one attached hydrogen (secondary N) is 1. The Balaban J connectivity index is 2.28. The average Bonchev–Trinajstić information content (AvgIpc) is 3.02. The predicted molar refractivity (Wildman–Crippen MR) is 70.3 cm³/mol. The third-order valence-electron chi connectivity index (χ3n) is 2.30. The Morgan fingerprint density at radius 3 is 2.65 bits per heavy atom. The first-order chi connectivity index (χ1) is 7.98. The summed E-state index contributed by atoms with van der Waals surface area (Å²) in [6.07, 6.45) is 5.44. The number of rotatable bonds is 5. The molecule has 0 heterocycles. The van der Waals surface area contributed by atoms with Gasteiger partial charge in [0.1, 0.15) is 5.75 Å². The molecule has 94 valence electrons. The first kappa shape index (κ1) is 12.6. The van der Waals surface area contributed by atoms with Crippen molar-refractivity contribution in [1.29, 1.82) is 0 Å². The molecule has 0 aliphatic heterocycles. The van der Waals surface area contributed by atoms with Crippen molar-refractivity contribution in [2.75, 3.05) is 17.2 Å². The van der Waals surface area contributed by atoms with Crippen molar-refractivity contribution in [1.82, 2.24) is 0 Å². The number of hydrogen-bond acceptors (Lipinski definition) is 4. The molecule has 0 radical (unpaired) electrons. The van der Waals surface area contributed by atoms with E-state index in [2.05, 4.69) is 4.72 Å². The fraction of sp³-hybridized carbons (Fsp3) is 0.455. The van der Waals surface area contributed by atoms with Crippen LogP contribution in [0, 0.1) is 0 Å². The van der Waals surface area contributed by atoms with Crippen molar-refractivity contribution in [3.63, 3.8) is 0 Å². The van der Waals surface area contributed by atoms with E-state index in [0.717, 1.165) is 24.0 Å². The van der Waals surface area contributed by atoms with E-state index >= 15 is 0 Å². The minimum atomic E-state index is -3.27. The minimum absolute atomic E-state index is 0.243. The molecule has 1 aromatic carbocycles. The van der Waals surface area contributed by atoms with Gasteiger partial charge in [-0.1, -0.05) is 0 Å². The maximum Gasteiger partial charge on any atom is 0.229 e. The second-order valence-electron chi connectivity index (χ2n) is 4.05. The molecule has 6 heteroatoms. The predicted octanol–water partition coefficient (Wildman–Crippen LogP) is 2.32. The molecule has 0 amide bonds. The van der Waals surface area contributed by atoms with Crippen molar-refractivity contribution in [3.05, 3.63) is 18.2 Å². The molecule has 17 heavy (non-hydrogen) atoms. The minimum Gasteiger partial charge on any atom is -0.488 e. The summed E-state index contributed by atoms with van der Waals surface area (Å²) in [5.41, 5.74) is 0.511. The van der Waals surface area contributed by atoms with Crippen LogP contribution in [0.4, 0.5) is 5.69 Å². The van der Waals surface area contributed by atoms with Gasteiger partial charge >= 0.3 is 0 Å². The SMILES string of the molecule is CSc1ccc(NS(C)(=O)=O)c(OC2CC2)c1. The van der Waals surface area contributed by atoms with Gasteiger partial charge in [0.2, 0.25) is 10.0 Å². The van der Waals surface area contributed by atoms with Crippen LogP contribution < -0.4 is 9.46 Å². The van der Waals surface area contributed by atoms with Gasteiger partial charge in [-0.2, -0.15) is 0 Å². The number of hydrogen-bond donors (Lipinski definition) is 1. The summed E-state index contributed by atoms with van der Waals surface area (Å²) in [5.74, 6) is 0.616. The number of sulfonamides is 1. The first-order valence-corrected chi connectivity index (χ1v) is 8.42. The molecule has 2 rings (SSSR count). The molecule has 0 bridgehead atoms. The van der Waals surface area contributed by atoms with Gasteiger partial charge in [-0.3, -0.25) is 4.72 Å². The van der Waals surface area contributed by atoms with Crippen LogP contribution in [0.15, 0.2) is 23.1 Å². The highest BCUT2D eigenvalue weighted by Gasteiger charge is 2.25. The zero-order valence-corrected chi connectivity index (χ0v) is 11.4. The standard InChI is InChI=1S/C11H15NO3S2/c1-16-9-5-6-10(12-17(2,13)14)11(7-9)15-8-3-4-8/h5-8,12H,3-4H2,1-2H3. The van der Waals surface area contributed by atoms with Crippen LogP contribution in [0.3, 0.4) is 0 Å². The maximum atomic E-state index is 11.2. The highest BCUT2D eigenvalue weighted by atomic mass is 32.2. The summed E-state index contributed by atoms with van der Waals surface area (Å²) < 4.78 is 30.7. The van der Waals surface area contributed by atoms with Crippen LogP contribution in [-0.2, 0) is 10.0 Å². The third-order valence-corrected chi connectivity index (χ3v) is 3.62. The first-order valence-electron chi connectivity index (χ1n) is 5.30. The van der Waals surface area contributed by atoms with Crippen molar-refractivity contribution < 1.29 is 13.2 Å². The van der Waals surface area contributed by atoms with Crippen molar-refractivity contribution in [2.24, 2.45) is 0 Å². The Morgan fingerprint density at radius 2 is 2.12 bits per heavy atom. The van der Waals surface area contributed by atoms with E-state index in [4.69, 9.17) is 4.74 Å². The molecule has 1 N–H and O–H groups in total. The topological polar surface area (TPSA) is 55.4 Å². The summed E-state index contributed by atoms with van der Waals surface area (Å²) in [6.45, 7) is 0. The number of thioether (sulfide) groups is 1. The zero-order chi connectivity index (χ0) is 12.5. The van der Waals surface area contributed by atoms with Gasteiger partial charge in [0.25, 0.3) is 0 Å². The molecular weight excluding hydrogens is 258 g/mol. The summed E-state index contributed by atoms with van der Waals surface area (Å²) in [5, 5.41) is 0. The maximum absolute atomic E-state index is 11.2. The fourth-order valence-electron chi connectivity index (χ4n) is 1.38. The van der Waals surface area contributed by atoms with Crippen molar-refractivity contribution in [2.45, 2.75) is 23.8 Å². The van der Waals surface area contributed by atoms with Crippen LogP contribution in [0.2, 0.25) is 0 Å². The summed E-state index contributed by atoms with van der Waals surface area (Å²) in [4.78, 5) is 1.06. The van der Waals surface area contributed by atoms with E-state index in [1.165, 1.54) is 0 Å². The number of ether oxygens (including phenoxy) is 1. The Hall–Kier alpha value is -0.880. The lowest BCUT2D eigenvalue weighted by Gasteiger charge is -2.12. The summed E-state index contributed by atoms with van der Waals surface area (Å²) in [6, 6.07) is 5.49. The molecule has 0 spiro atoms. The van der Waals surface area contributed by atoms with Gasteiger partial charge in [-0.15, -0.1) is 11.8 Å². The molecule has 1 aromatic rings. The van der Waals surface area contributed by atoms with Gasteiger partial charge in [0.15, 0.2) is 0 Å². The normalized spacial score (nSPS) is 15.6. The van der Waals surface area contributed by atoms with E-state index in [9.17, 15) is 8.42 Å². The molecular formula is C11H15NO3S2. The van der Waals surface area contributed by atoms with E-state index in [1.807, 2.05) is 18.4 Å². The fourth-order valence-corrected chi connectivity index (χ4v) is 2.37. The average molecular weight is 273 g/mol. The van der Waals surface area contributed by atoms with Gasteiger partial charge in [-0.05, 0) is 37.3 Å². The molecule has 1 saturated carbocycles. The van der Waals surface area contributed by atoms with Crippen LogP contribution >= 0.6 is 11.8 Å². The Bertz CT molecular complexity index is 509. The second-order valence-corrected chi connectivity index (χ2v) is 6.68. The summed E-state index contributed by atoms with van der Waals surface area (Å²) >= 11 is 1.60. The van der Waals surface area contributed by atoms with Gasteiger partial charge < -0.3 is 4.74 Å². The van der Waals surface area contributed by atoms with Crippen LogP contribution in [-0.4, -0.2) is 27.0 Å². The van der Waals surface area contributed by atoms with Crippen LogP contribution in [0.25, 0.3) is 0 Å². The molecule has 0 atom stereocenters. The molecule has 0 aromatic heterocycles. The van der Waals surface area contributed by atoms with E-state index in [0.29, 0.717) is 11.4 Å². The quantitative estimate of drug-likeness (QED) is 0.837. The van der Waals surface area contributed by atoms with Crippen LogP contribution in [0.1, 0.15) is 12.8 Å². The summed E-state index contributed by atoms with van der Waals surface area (Å²) in [7, 11) is -3.27. The molecule has 0 saturated heterocycles.